The van der Waals surface area contributed by atoms with E-state index in [-0.39, 0.29) is 11.5 Å². The van der Waals surface area contributed by atoms with E-state index in [0.29, 0.717) is 17.4 Å². The number of rotatable bonds is 4. The summed E-state index contributed by atoms with van der Waals surface area (Å²) >= 11 is 9.48. The van der Waals surface area contributed by atoms with Crippen molar-refractivity contribution in [3.05, 3.63) is 21.8 Å². The molecule has 0 radical (unpaired) electrons. The number of nitrogens with two attached hydrogens (primary N) is 1. The molecule has 0 saturated carbocycles. The zero-order chi connectivity index (χ0) is 13.1. The van der Waals surface area contributed by atoms with Crippen molar-refractivity contribution in [2.45, 2.75) is 33.2 Å². The van der Waals surface area contributed by atoms with Gasteiger partial charge in [-0.2, -0.15) is 0 Å². The Morgan fingerprint density at radius 3 is 2.65 bits per heavy atom. The van der Waals surface area contributed by atoms with Crippen molar-refractivity contribution in [2.75, 3.05) is 11.9 Å². The molecule has 0 aromatic carbocycles. The lowest BCUT2D eigenvalue weighted by Crippen LogP contribution is -2.36. The molecule has 1 aromatic heterocycles. The Bertz CT molecular complexity index is 377. The fraction of sp³-hybridized carbons (Fsp3) is 0.583. The third-order valence-electron chi connectivity index (χ3n) is 2.62. The van der Waals surface area contributed by atoms with Gasteiger partial charge in [0.15, 0.2) is 0 Å². The normalized spacial score (nSPS) is 13.5. The van der Waals surface area contributed by atoms with E-state index in [1.165, 1.54) is 0 Å². The van der Waals surface area contributed by atoms with Gasteiger partial charge in [0.1, 0.15) is 5.82 Å². The largest absolute Gasteiger partial charge is 0.366 e. The van der Waals surface area contributed by atoms with Crippen molar-refractivity contribution < 1.29 is 0 Å². The highest BCUT2D eigenvalue weighted by atomic mass is 79.9. The lowest BCUT2D eigenvalue weighted by molar-refractivity contribution is 0.328. The van der Waals surface area contributed by atoms with E-state index in [9.17, 15) is 0 Å². The molecule has 96 valence electrons. The van der Waals surface area contributed by atoms with Gasteiger partial charge in [-0.15, -0.1) is 0 Å². The van der Waals surface area contributed by atoms with Crippen LogP contribution in [-0.2, 0) is 0 Å². The molecule has 3 N–H and O–H groups in total. The second-order valence-corrected chi connectivity index (χ2v) is 6.45. The van der Waals surface area contributed by atoms with E-state index in [0.717, 1.165) is 10.9 Å². The Morgan fingerprint density at radius 2 is 2.18 bits per heavy atom. The summed E-state index contributed by atoms with van der Waals surface area (Å²) in [5, 5.41) is 3.99. The number of hydrogen-bond donors (Lipinski definition) is 2. The number of nitrogens with zero attached hydrogens (tertiary/aromatic N) is 1. The van der Waals surface area contributed by atoms with Crippen molar-refractivity contribution in [3.8, 4) is 0 Å². The first kappa shape index (κ1) is 14.7. The second kappa shape index (κ2) is 6.03. The first-order valence-electron chi connectivity index (χ1n) is 5.62. The molecule has 0 aliphatic heterocycles. The molecule has 1 unspecified atom stereocenters. The van der Waals surface area contributed by atoms with Crippen LogP contribution in [0.25, 0.3) is 0 Å². The van der Waals surface area contributed by atoms with Crippen molar-refractivity contribution in [2.24, 2.45) is 11.1 Å². The Kier molecular flexibility index (Phi) is 5.22. The molecule has 1 rings (SSSR count). The van der Waals surface area contributed by atoms with Crippen LogP contribution in [0.1, 0.15) is 27.2 Å². The molecule has 0 bridgehead atoms. The first-order valence-corrected chi connectivity index (χ1v) is 6.79. The Morgan fingerprint density at radius 1 is 1.53 bits per heavy atom. The number of halogens is 2. The predicted octanol–water partition coefficient (Wildman–Crippen LogP) is 3.67. The highest BCUT2D eigenvalue weighted by Gasteiger charge is 2.24. The van der Waals surface area contributed by atoms with Gasteiger partial charge in [-0.05, 0) is 40.4 Å². The van der Waals surface area contributed by atoms with Gasteiger partial charge >= 0.3 is 0 Å². The van der Waals surface area contributed by atoms with Gasteiger partial charge in [0.05, 0.1) is 5.02 Å². The minimum Gasteiger partial charge on any atom is -0.366 e. The maximum absolute atomic E-state index is 6.14. The van der Waals surface area contributed by atoms with E-state index >= 15 is 0 Å². The van der Waals surface area contributed by atoms with Crippen LogP contribution < -0.4 is 11.1 Å². The summed E-state index contributed by atoms with van der Waals surface area (Å²) in [6, 6.07) is 2.08. The van der Waals surface area contributed by atoms with Crippen molar-refractivity contribution in [1.82, 2.24) is 4.98 Å². The summed E-state index contributed by atoms with van der Waals surface area (Å²) in [5.41, 5.74) is 5.75. The van der Waals surface area contributed by atoms with Crippen LogP contribution in [0.5, 0.6) is 0 Å². The summed E-state index contributed by atoms with van der Waals surface area (Å²) in [7, 11) is 0. The average Bonchev–Trinajstić information content (AvgIpc) is 2.19. The maximum Gasteiger partial charge on any atom is 0.145 e. The highest BCUT2D eigenvalue weighted by molar-refractivity contribution is 9.10. The standard InChI is InChI=1S/C12H19BrClN3/c1-12(2,3)10(4-5-15)17-11-9(14)6-8(13)7-16-11/h6-7,10H,4-5,15H2,1-3H3,(H,16,17). The van der Waals surface area contributed by atoms with Gasteiger partial charge in [-0.3, -0.25) is 0 Å². The summed E-state index contributed by atoms with van der Waals surface area (Å²) in [6.07, 6.45) is 2.62. The van der Waals surface area contributed by atoms with E-state index in [1.807, 2.05) is 6.07 Å². The Labute approximate surface area is 116 Å². The van der Waals surface area contributed by atoms with E-state index < -0.39 is 0 Å². The monoisotopic (exact) mass is 319 g/mol. The minimum absolute atomic E-state index is 0.109. The average molecular weight is 321 g/mol. The van der Waals surface area contributed by atoms with Crippen LogP contribution in [0.15, 0.2) is 16.7 Å². The number of pyridine rings is 1. The third kappa shape index (κ3) is 4.45. The molecule has 1 heterocycles. The van der Waals surface area contributed by atoms with Crippen LogP contribution in [0.3, 0.4) is 0 Å². The zero-order valence-electron chi connectivity index (χ0n) is 10.4. The van der Waals surface area contributed by atoms with Crippen molar-refractivity contribution in [3.63, 3.8) is 0 Å². The fourth-order valence-electron chi connectivity index (χ4n) is 1.57. The van der Waals surface area contributed by atoms with Crippen LogP contribution >= 0.6 is 27.5 Å². The molecule has 1 atom stereocenters. The summed E-state index contributed by atoms with van der Waals surface area (Å²) < 4.78 is 0.874. The third-order valence-corrected chi connectivity index (χ3v) is 3.34. The minimum atomic E-state index is 0.109. The topological polar surface area (TPSA) is 50.9 Å². The zero-order valence-corrected chi connectivity index (χ0v) is 12.8. The summed E-state index contributed by atoms with van der Waals surface area (Å²) in [5.74, 6) is 0.711. The molecule has 3 nitrogen and oxygen atoms in total. The molecule has 0 amide bonds. The molecular weight excluding hydrogens is 302 g/mol. The van der Waals surface area contributed by atoms with Crippen LogP contribution in [0, 0.1) is 5.41 Å². The van der Waals surface area contributed by atoms with Gasteiger partial charge in [0.2, 0.25) is 0 Å². The van der Waals surface area contributed by atoms with Crippen molar-refractivity contribution >= 4 is 33.3 Å². The molecular formula is C12H19BrClN3. The molecule has 0 aliphatic carbocycles. The molecule has 0 saturated heterocycles. The molecule has 0 aliphatic rings. The Hall–Kier alpha value is -0.320. The van der Waals surface area contributed by atoms with Gasteiger partial charge in [-0.25, -0.2) is 4.98 Å². The molecule has 17 heavy (non-hydrogen) atoms. The maximum atomic E-state index is 6.14. The SMILES string of the molecule is CC(C)(C)C(CCN)Nc1ncc(Br)cc1Cl. The number of hydrogen-bond acceptors (Lipinski definition) is 3. The second-order valence-electron chi connectivity index (χ2n) is 5.12. The highest BCUT2D eigenvalue weighted by Crippen LogP contribution is 2.29. The smallest absolute Gasteiger partial charge is 0.145 e. The van der Waals surface area contributed by atoms with Crippen LogP contribution in [-0.4, -0.2) is 17.6 Å². The summed E-state index contributed by atoms with van der Waals surface area (Å²) in [6.45, 7) is 7.16. The van der Waals surface area contributed by atoms with E-state index in [2.05, 4.69) is 47.0 Å². The van der Waals surface area contributed by atoms with Gasteiger partial charge in [0, 0.05) is 16.7 Å². The van der Waals surface area contributed by atoms with Crippen LogP contribution in [0.4, 0.5) is 5.82 Å². The van der Waals surface area contributed by atoms with Crippen molar-refractivity contribution in [1.29, 1.82) is 0 Å². The molecule has 1 aromatic rings. The molecule has 0 fully saturated rings. The quantitative estimate of drug-likeness (QED) is 0.890. The van der Waals surface area contributed by atoms with E-state index in [1.54, 1.807) is 6.20 Å². The first-order chi connectivity index (χ1) is 7.84. The Balaban J connectivity index is 2.86. The number of aromatic nitrogens is 1. The fourth-order valence-corrected chi connectivity index (χ4v) is 2.26. The van der Waals surface area contributed by atoms with E-state index in [4.69, 9.17) is 17.3 Å². The van der Waals surface area contributed by atoms with Gasteiger partial charge < -0.3 is 11.1 Å². The van der Waals surface area contributed by atoms with Crippen LogP contribution in [0.2, 0.25) is 5.02 Å². The lowest BCUT2D eigenvalue weighted by Gasteiger charge is -2.32. The lowest BCUT2D eigenvalue weighted by atomic mass is 9.85. The number of anilines is 1. The summed E-state index contributed by atoms with van der Waals surface area (Å²) in [4.78, 5) is 4.28. The van der Waals surface area contributed by atoms with Gasteiger partial charge in [0.25, 0.3) is 0 Å². The van der Waals surface area contributed by atoms with Gasteiger partial charge in [-0.1, -0.05) is 32.4 Å². The molecule has 5 heteroatoms. The number of nitrogens with one attached hydrogen (secondary N) is 1. The predicted molar refractivity (Wildman–Crippen MR) is 77.5 cm³/mol. The molecule has 0 spiro atoms.